The maximum absolute atomic E-state index is 5.92. The van der Waals surface area contributed by atoms with Crippen molar-refractivity contribution in [3.8, 4) is 0 Å². The van der Waals surface area contributed by atoms with Gasteiger partial charge in [0, 0.05) is 37.1 Å². The van der Waals surface area contributed by atoms with Gasteiger partial charge >= 0.3 is 0 Å². The molecule has 0 aromatic carbocycles. The molecule has 2 N–H and O–H groups in total. The summed E-state index contributed by atoms with van der Waals surface area (Å²) in [4.78, 5) is 7.55. The molecule has 0 bridgehead atoms. The van der Waals surface area contributed by atoms with E-state index in [1.54, 1.807) is 11.3 Å². The van der Waals surface area contributed by atoms with E-state index in [-0.39, 0.29) is 5.54 Å². The second-order valence-electron chi connectivity index (χ2n) is 4.17. The molecule has 0 aliphatic heterocycles. The summed E-state index contributed by atoms with van der Waals surface area (Å²) < 4.78 is 0. The fraction of sp³-hybridized carbons (Fsp3) is 0.667. The maximum Gasteiger partial charge on any atom is 0.184 e. The summed E-state index contributed by atoms with van der Waals surface area (Å²) in [6.45, 7) is 4.06. The number of hydrogen-bond donors (Lipinski definition) is 1. The van der Waals surface area contributed by atoms with Crippen LogP contribution in [0.15, 0.2) is 6.20 Å². The van der Waals surface area contributed by atoms with Crippen molar-refractivity contribution in [1.82, 2.24) is 4.98 Å². The van der Waals surface area contributed by atoms with Crippen LogP contribution in [-0.2, 0) is 6.42 Å². The standard InChI is InChI=1S/C9H17N3S/c1-9(2,10)5-7-6-11-8(13-7)12(3)4/h6H,5,10H2,1-4H3. The second-order valence-corrected chi connectivity index (χ2v) is 5.26. The number of aromatic nitrogens is 1. The van der Waals surface area contributed by atoms with E-state index in [1.165, 1.54) is 4.88 Å². The highest BCUT2D eigenvalue weighted by Crippen LogP contribution is 2.23. The van der Waals surface area contributed by atoms with E-state index in [9.17, 15) is 0 Å². The van der Waals surface area contributed by atoms with Gasteiger partial charge in [-0.3, -0.25) is 0 Å². The molecule has 13 heavy (non-hydrogen) atoms. The molecule has 74 valence electrons. The van der Waals surface area contributed by atoms with Crippen LogP contribution in [0.4, 0.5) is 5.13 Å². The molecular weight excluding hydrogens is 182 g/mol. The van der Waals surface area contributed by atoms with Crippen LogP contribution in [0.1, 0.15) is 18.7 Å². The van der Waals surface area contributed by atoms with Crippen molar-refractivity contribution in [2.24, 2.45) is 5.73 Å². The summed E-state index contributed by atoms with van der Waals surface area (Å²) in [5.41, 5.74) is 5.78. The lowest BCUT2D eigenvalue weighted by Crippen LogP contribution is -2.34. The monoisotopic (exact) mass is 199 g/mol. The molecule has 4 heteroatoms. The Balaban J connectivity index is 2.70. The number of hydrogen-bond acceptors (Lipinski definition) is 4. The van der Waals surface area contributed by atoms with E-state index in [0.717, 1.165) is 11.6 Å². The molecule has 1 aromatic heterocycles. The molecular formula is C9H17N3S. The van der Waals surface area contributed by atoms with Crippen molar-refractivity contribution in [1.29, 1.82) is 0 Å². The van der Waals surface area contributed by atoms with Gasteiger partial charge in [0.1, 0.15) is 0 Å². The average molecular weight is 199 g/mol. The van der Waals surface area contributed by atoms with Crippen LogP contribution in [0.3, 0.4) is 0 Å². The fourth-order valence-electron chi connectivity index (χ4n) is 1.03. The highest BCUT2D eigenvalue weighted by molar-refractivity contribution is 7.15. The Labute approximate surface area is 83.6 Å². The predicted molar refractivity (Wildman–Crippen MR) is 58.4 cm³/mol. The second kappa shape index (κ2) is 3.64. The van der Waals surface area contributed by atoms with E-state index in [0.29, 0.717) is 0 Å². The van der Waals surface area contributed by atoms with Crippen LogP contribution in [0.2, 0.25) is 0 Å². The van der Waals surface area contributed by atoms with Gasteiger partial charge in [-0.25, -0.2) is 4.98 Å². The summed E-state index contributed by atoms with van der Waals surface area (Å²) in [6, 6.07) is 0. The molecule has 3 nitrogen and oxygen atoms in total. The topological polar surface area (TPSA) is 42.2 Å². The molecule has 0 aliphatic carbocycles. The van der Waals surface area contributed by atoms with Gasteiger partial charge in [0.05, 0.1) is 0 Å². The third-order valence-corrected chi connectivity index (χ3v) is 2.72. The Bertz CT molecular complexity index is 273. The third kappa shape index (κ3) is 3.32. The zero-order valence-electron chi connectivity index (χ0n) is 8.66. The van der Waals surface area contributed by atoms with Crippen LogP contribution in [-0.4, -0.2) is 24.6 Å². The van der Waals surface area contributed by atoms with Gasteiger partial charge in [-0.2, -0.15) is 0 Å². The van der Waals surface area contributed by atoms with E-state index in [1.807, 2.05) is 39.0 Å². The van der Waals surface area contributed by atoms with Gasteiger partial charge in [0.2, 0.25) is 0 Å². The van der Waals surface area contributed by atoms with Crippen LogP contribution in [0, 0.1) is 0 Å². The van der Waals surface area contributed by atoms with Gasteiger partial charge in [0.15, 0.2) is 5.13 Å². The summed E-state index contributed by atoms with van der Waals surface area (Å²) in [5, 5.41) is 1.04. The molecule has 0 spiro atoms. The predicted octanol–water partition coefficient (Wildman–Crippen LogP) is 1.49. The maximum atomic E-state index is 5.92. The Kier molecular flexibility index (Phi) is 2.93. The summed E-state index contributed by atoms with van der Waals surface area (Å²) in [7, 11) is 3.99. The van der Waals surface area contributed by atoms with Crippen molar-refractivity contribution in [3.63, 3.8) is 0 Å². The average Bonchev–Trinajstić information content (AvgIpc) is 2.31. The van der Waals surface area contributed by atoms with Crippen molar-refractivity contribution < 1.29 is 0 Å². The molecule has 0 saturated heterocycles. The zero-order chi connectivity index (χ0) is 10.1. The van der Waals surface area contributed by atoms with Crippen LogP contribution in [0.5, 0.6) is 0 Å². The molecule has 1 aromatic rings. The van der Waals surface area contributed by atoms with Gasteiger partial charge in [0.25, 0.3) is 0 Å². The van der Waals surface area contributed by atoms with E-state index < -0.39 is 0 Å². The smallest absolute Gasteiger partial charge is 0.184 e. The zero-order valence-corrected chi connectivity index (χ0v) is 9.48. The molecule has 0 unspecified atom stereocenters. The molecule has 1 heterocycles. The van der Waals surface area contributed by atoms with Crippen molar-refractivity contribution in [3.05, 3.63) is 11.1 Å². The van der Waals surface area contributed by atoms with Gasteiger partial charge in [-0.1, -0.05) is 0 Å². The number of nitrogens with zero attached hydrogens (tertiary/aromatic N) is 2. The normalized spacial score (nSPS) is 11.8. The van der Waals surface area contributed by atoms with Crippen LogP contribution >= 0.6 is 11.3 Å². The quantitative estimate of drug-likeness (QED) is 0.802. The summed E-state index contributed by atoms with van der Waals surface area (Å²) in [6.07, 6.45) is 2.80. The molecule has 0 saturated carbocycles. The Hall–Kier alpha value is -0.610. The Morgan fingerprint density at radius 1 is 1.54 bits per heavy atom. The minimum absolute atomic E-state index is 0.143. The van der Waals surface area contributed by atoms with Crippen molar-refractivity contribution >= 4 is 16.5 Å². The molecule has 0 radical (unpaired) electrons. The van der Waals surface area contributed by atoms with Gasteiger partial charge in [-0.05, 0) is 13.8 Å². The SMILES string of the molecule is CN(C)c1ncc(CC(C)(C)N)s1. The lowest BCUT2D eigenvalue weighted by atomic mass is 10.0. The summed E-state index contributed by atoms with van der Waals surface area (Å²) in [5.74, 6) is 0. The van der Waals surface area contributed by atoms with E-state index in [2.05, 4.69) is 4.98 Å². The van der Waals surface area contributed by atoms with Gasteiger partial charge in [-0.15, -0.1) is 11.3 Å². The highest BCUT2D eigenvalue weighted by atomic mass is 32.1. The number of thiazole rings is 1. The van der Waals surface area contributed by atoms with Crippen molar-refractivity contribution in [2.75, 3.05) is 19.0 Å². The van der Waals surface area contributed by atoms with E-state index >= 15 is 0 Å². The first-order chi connectivity index (χ1) is 5.88. The third-order valence-electron chi connectivity index (χ3n) is 1.55. The molecule has 0 aliphatic rings. The number of nitrogens with two attached hydrogens (primary N) is 1. The first-order valence-electron chi connectivity index (χ1n) is 4.29. The van der Waals surface area contributed by atoms with Crippen LogP contribution < -0.4 is 10.6 Å². The van der Waals surface area contributed by atoms with Crippen molar-refractivity contribution in [2.45, 2.75) is 25.8 Å². The van der Waals surface area contributed by atoms with E-state index in [4.69, 9.17) is 5.73 Å². The minimum Gasteiger partial charge on any atom is -0.354 e. The first-order valence-corrected chi connectivity index (χ1v) is 5.11. The number of rotatable bonds is 3. The molecule has 0 amide bonds. The lowest BCUT2D eigenvalue weighted by molar-refractivity contribution is 0.520. The van der Waals surface area contributed by atoms with Crippen LogP contribution in [0.25, 0.3) is 0 Å². The van der Waals surface area contributed by atoms with Gasteiger partial charge < -0.3 is 10.6 Å². The summed E-state index contributed by atoms with van der Waals surface area (Å²) >= 11 is 1.70. The molecule has 0 atom stereocenters. The minimum atomic E-state index is -0.143. The number of anilines is 1. The largest absolute Gasteiger partial charge is 0.354 e. The molecule has 1 rings (SSSR count). The molecule has 0 fully saturated rings. The lowest BCUT2D eigenvalue weighted by Gasteiger charge is -2.16. The first kappa shape index (κ1) is 10.5. The fourth-order valence-corrected chi connectivity index (χ4v) is 2.11. The Morgan fingerprint density at radius 3 is 2.54 bits per heavy atom. The Morgan fingerprint density at radius 2 is 2.15 bits per heavy atom. The highest BCUT2D eigenvalue weighted by Gasteiger charge is 2.14.